The van der Waals surface area contributed by atoms with E-state index >= 15 is 0 Å². The Morgan fingerprint density at radius 1 is 1.26 bits per heavy atom. The third-order valence-corrected chi connectivity index (χ3v) is 3.23. The van der Waals surface area contributed by atoms with Crippen LogP contribution < -0.4 is 11.1 Å². The van der Waals surface area contributed by atoms with Gasteiger partial charge in [-0.25, -0.2) is 13.2 Å². The Balaban J connectivity index is 0.00000180. The van der Waals surface area contributed by atoms with Crippen molar-refractivity contribution in [3.8, 4) is 0 Å². The number of nitrogens with one attached hydrogen (secondary N) is 1. The Morgan fingerprint density at radius 3 is 2.42 bits per heavy atom. The van der Waals surface area contributed by atoms with Gasteiger partial charge in [0.1, 0.15) is 0 Å². The zero-order chi connectivity index (χ0) is 13.3. The molecule has 1 aromatic rings. The highest BCUT2D eigenvalue weighted by atomic mass is 35.5. The molecule has 0 spiro atoms. The monoisotopic (exact) mass is 294 g/mol. The van der Waals surface area contributed by atoms with E-state index in [1.54, 1.807) is 0 Å². The molecule has 0 aromatic heterocycles. The summed E-state index contributed by atoms with van der Waals surface area (Å²) >= 11 is 0. The summed E-state index contributed by atoms with van der Waals surface area (Å²) in [7, 11) is 0. The molecule has 2 rings (SSSR count). The van der Waals surface area contributed by atoms with Crippen LogP contribution >= 0.6 is 12.4 Å². The lowest BCUT2D eigenvalue weighted by atomic mass is 9.78. The van der Waals surface area contributed by atoms with E-state index in [0.29, 0.717) is 0 Å². The average molecular weight is 295 g/mol. The van der Waals surface area contributed by atoms with Gasteiger partial charge in [0.2, 0.25) is 0 Å². The van der Waals surface area contributed by atoms with Crippen molar-refractivity contribution >= 4 is 18.3 Å². The fourth-order valence-electron chi connectivity index (χ4n) is 1.86. The molecule has 1 aliphatic rings. The van der Waals surface area contributed by atoms with Crippen molar-refractivity contribution in [1.82, 2.24) is 5.32 Å². The number of amides is 1. The Hall–Kier alpha value is -1.27. The fraction of sp³-hybridized carbons (Fsp3) is 0.417. The molecule has 0 heterocycles. The van der Waals surface area contributed by atoms with Gasteiger partial charge in [0, 0.05) is 12.1 Å². The zero-order valence-corrected chi connectivity index (χ0v) is 10.8. The minimum Gasteiger partial charge on any atom is -0.350 e. The summed E-state index contributed by atoms with van der Waals surface area (Å²) < 4.78 is 39.0. The Bertz CT molecular complexity index is 492. The topological polar surface area (TPSA) is 55.1 Å². The lowest BCUT2D eigenvalue weighted by molar-refractivity contribution is 0.0924. The van der Waals surface area contributed by atoms with Crippen LogP contribution in [-0.2, 0) is 0 Å². The predicted molar refractivity (Wildman–Crippen MR) is 66.7 cm³/mol. The molecule has 0 atom stereocenters. The molecular weight excluding hydrogens is 281 g/mol. The smallest absolute Gasteiger partial charge is 0.254 e. The molecule has 1 amide bonds. The van der Waals surface area contributed by atoms with Gasteiger partial charge in [0.25, 0.3) is 5.91 Å². The van der Waals surface area contributed by atoms with Crippen molar-refractivity contribution < 1.29 is 18.0 Å². The van der Waals surface area contributed by atoms with Crippen molar-refractivity contribution in [3.63, 3.8) is 0 Å². The van der Waals surface area contributed by atoms with E-state index in [1.165, 1.54) is 0 Å². The molecule has 3 N–H and O–H groups in total. The predicted octanol–water partition coefficient (Wildman–Crippen LogP) is 2.14. The highest BCUT2D eigenvalue weighted by Crippen LogP contribution is 2.28. The number of hydrogen-bond acceptors (Lipinski definition) is 2. The molecule has 1 aromatic carbocycles. The number of rotatable bonds is 3. The van der Waals surface area contributed by atoms with Crippen LogP contribution in [0.3, 0.4) is 0 Å². The van der Waals surface area contributed by atoms with Crippen LogP contribution in [0.1, 0.15) is 29.6 Å². The number of nitrogens with two attached hydrogens (primary N) is 1. The van der Waals surface area contributed by atoms with Crippen LogP contribution in [0.2, 0.25) is 0 Å². The maximum absolute atomic E-state index is 13.3. The van der Waals surface area contributed by atoms with Gasteiger partial charge in [0.15, 0.2) is 17.5 Å². The summed E-state index contributed by atoms with van der Waals surface area (Å²) in [5.74, 6) is -5.23. The second kappa shape index (κ2) is 5.79. The summed E-state index contributed by atoms with van der Waals surface area (Å²) in [5, 5.41) is 2.44. The van der Waals surface area contributed by atoms with E-state index in [0.717, 1.165) is 31.4 Å². The van der Waals surface area contributed by atoms with Gasteiger partial charge in [-0.05, 0) is 31.4 Å². The molecule has 1 aliphatic carbocycles. The molecule has 19 heavy (non-hydrogen) atoms. The van der Waals surface area contributed by atoms with Gasteiger partial charge >= 0.3 is 0 Å². The van der Waals surface area contributed by atoms with E-state index in [2.05, 4.69) is 5.32 Å². The van der Waals surface area contributed by atoms with E-state index < -0.39 is 34.5 Å². The SMILES string of the molecule is Cl.NC1(CNC(=O)c2ccc(F)c(F)c2F)CCC1. The number of benzene rings is 1. The average Bonchev–Trinajstić information content (AvgIpc) is 2.31. The summed E-state index contributed by atoms with van der Waals surface area (Å²) in [6.45, 7) is 0.199. The van der Waals surface area contributed by atoms with Crippen LogP contribution in [-0.4, -0.2) is 18.0 Å². The van der Waals surface area contributed by atoms with E-state index in [-0.39, 0.29) is 19.0 Å². The molecule has 0 unspecified atom stereocenters. The van der Waals surface area contributed by atoms with Gasteiger partial charge < -0.3 is 11.1 Å². The quantitative estimate of drug-likeness (QED) is 0.839. The van der Waals surface area contributed by atoms with Crippen molar-refractivity contribution in [2.24, 2.45) is 5.73 Å². The number of carbonyl (C=O) groups is 1. The molecule has 3 nitrogen and oxygen atoms in total. The summed E-state index contributed by atoms with van der Waals surface area (Å²) in [6.07, 6.45) is 2.56. The van der Waals surface area contributed by atoms with Gasteiger partial charge in [-0.15, -0.1) is 12.4 Å². The second-order valence-corrected chi connectivity index (χ2v) is 4.62. The third-order valence-electron chi connectivity index (χ3n) is 3.23. The summed E-state index contributed by atoms with van der Waals surface area (Å²) in [4.78, 5) is 11.6. The fourth-order valence-corrected chi connectivity index (χ4v) is 1.86. The molecule has 0 saturated heterocycles. The van der Waals surface area contributed by atoms with Gasteiger partial charge in [-0.3, -0.25) is 4.79 Å². The van der Waals surface area contributed by atoms with Crippen LogP contribution in [0.4, 0.5) is 13.2 Å². The van der Waals surface area contributed by atoms with E-state index in [4.69, 9.17) is 5.73 Å². The minimum absolute atomic E-state index is 0. The van der Waals surface area contributed by atoms with E-state index in [9.17, 15) is 18.0 Å². The summed E-state index contributed by atoms with van der Waals surface area (Å²) in [5.41, 5.74) is 4.91. The van der Waals surface area contributed by atoms with Crippen LogP contribution in [0, 0.1) is 17.5 Å². The molecule has 1 saturated carbocycles. The van der Waals surface area contributed by atoms with Gasteiger partial charge in [-0.1, -0.05) is 0 Å². The lowest BCUT2D eigenvalue weighted by Crippen LogP contribution is -2.55. The first kappa shape index (κ1) is 15.8. The first-order chi connectivity index (χ1) is 8.43. The Labute approximate surface area is 114 Å². The van der Waals surface area contributed by atoms with Gasteiger partial charge in [0.05, 0.1) is 5.56 Å². The van der Waals surface area contributed by atoms with E-state index in [1.807, 2.05) is 0 Å². The van der Waals surface area contributed by atoms with Crippen LogP contribution in [0.5, 0.6) is 0 Å². The van der Waals surface area contributed by atoms with Crippen LogP contribution in [0.25, 0.3) is 0 Å². The van der Waals surface area contributed by atoms with Crippen molar-refractivity contribution in [3.05, 3.63) is 35.1 Å². The van der Waals surface area contributed by atoms with Crippen LogP contribution in [0.15, 0.2) is 12.1 Å². The standard InChI is InChI=1S/C12H13F3N2O.ClH/c13-8-3-2-7(9(14)10(8)15)11(18)17-6-12(16)4-1-5-12;/h2-3H,1,4-6,16H2,(H,17,18);1H. The number of carbonyl (C=O) groups excluding carboxylic acids is 1. The molecular formula is C12H14ClF3N2O. The highest BCUT2D eigenvalue weighted by Gasteiger charge is 2.33. The second-order valence-electron chi connectivity index (χ2n) is 4.62. The Kier molecular flexibility index (Phi) is 4.81. The molecule has 1 fully saturated rings. The third kappa shape index (κ3) is 3.19. The first-order valence-electron chi connectivity index (χ1n) is 5.63. The van der Waals surface area contributed by atoms with Gasteiger partial charge in [-0.2, -0.15) is 0 Å². The number of hydrogen-bond donors (Lipinski definition) is 2. The molecule has 0 radical (unpaired) electrons. The van der Waals surface area contributed by atoms with Crippen molar-refractivity contribution in [1.29, 1.82) is 0 Å². The largest absolute Gasteiger partial charge is 0.350 e. The van der Waals surface area contributed by atoms with Crippen molar-refractivity contribution in [2.75, 3.05) is 6.54 Å². The molecule has 0 aliphatic heterocycles. The Morgan fingerprint density at radius 2 is 1.89 bits per heavy atom. The normalized spacial score (nSPS) is 16.2. The lowest BCUT2D eigenvalue weighted by Gasteiger charge is -2.38. The first-order valence-corrected chi connectivity index (χ1v) is 5.63. The maximum atomic E-state index is 13.3. The molecule has 106 valence electrons. The number of halogens is 4. The zero-order valence-electron chi connectivity index (χ0n) is 10.0. The minimum atomic E-state index is -1.64. The highest BCUT2D eigenvalue weighted by molar-refractivity contribution is 5.94. The summed E-state index contributed by atoms with van der Waals surface area (Å²) in [6, 6.07) is 1.63. The molecule has 0 bridgehead atoms. The van der Waals surface area contributed by atoms with Crippen molar-refractivity contribution in [2.45, 2.75) is 24.8 Å². The maximum Gasteiger partial charge on any atom is 0.254 e. The molecule has 7 heteroatoms.